The average Bonchev–Trinajstić information content (AvgIpc) is 2.67. The number of carbonyl (C=O) groups is 1. The Bertz CT molecular complexity index is 518. The first kappa shape index (κ1) is 15.8. The highest BCUT2D eigenvalue weighted by Crippen LogP contribution is 2.25. The summed E-state index contributed by atoms with van der Waals surface area (Å²) in [6.45, 7) is 1.94. The first-order valence-corrected chi connectivity index (χ1v) is 7.84. The van der Waals surface area contributed by atoms with Crippen molar-refractivity contribution in [1.29, 1.82) is 0 Å². The molecule has 1 heterocycles. The summed E-state index contributed by atoms with van der Waals surface area (Å²) in [4.78, 5) is 16.7. The van der Waals surface area contributed by atoms with Crippen LogP contribution >= 0.6 is 12.2 Å². The lowest BCUT2D eigenvalue weighted by atomic mass is 10.1. The van der Waals surface area contributed by atoms with E-state index in [2.05, 4.69) is 23.1 Å². The van der Waals surface area contributed by atoms with E-state index in [1.54, 1.807) is 4.90 Å². The molecule has 114 valence electrons. The molecule has 1 aliphatic rings. The van der Waals surface area contributed by atoms with Gasteiger partial charge in [-0.25, -0.2) is 0 Å². The number of fused-ring (bicyclic) bond motifs is 1. The van der Waals surface area contributed by atoms with E-state index in [1.165, 1.54) is 17.7 Å². The number of carbonyl (C=O) groups excluding carboxylic acids is 1. The van der Waals surface area contributed by atoms with Crippen molar-refractivity contribution < 1.29 is 4.79 Å². The Balaban J connectivity index is 2.01. The van der Waals surface area contributed by atoms with E-state index in [0.29, 0.717) is 24.5 Å². The fraction of sp³-hybridized carbons (Fsp3) is 0.500. The third-order valence-electron chi connectivity index (χ3n) is 3.90. The van der Waals surface area contributed by atoms with Crippen LogP contribution in [0.3, 0.4) is 0 Å². The van der Waals surface area contributed by atoms with Gasteiger partial charge in [-0.05, 0) is 30.9 Å². The van der Waals surface area contributed by atoms with Crippen molar-refractivity contribution in [3.63, 3.8) is 0 Å². The maximum atomic E-state index is 12.3. The van der Waals surface area contributed by atoms with Crippen LogP contribution in [0.15, 0.2) is 24.3 Å². The molecule has 1 amide bonds. The molecule has 0 radical (unpaired) electrons. The van der Waals surface area contributed by atoms with Crippen molar-refractivity contribution >= 4 is 28.8 Å². The minimum atomic E-state index is 0.114. The fourth-order valence-corrected chi connectivity index (χ4v) is 2.71. The number of anilines is 1. The van der Waals surface area contributed by atoms with E-state index in [-0.39, 0.29) is 5.91 Å². The zero-order valence-electron chi connectivity index (χ0n) is 12.5. The molecule has 1 aromatic carbocycles. The zero-order chi connectivity index (χ0) is 15.2. The maximum absolute atomic E-state index is 12.3. The van der Waals surface area contributed by atoms with Gasteiger partial charge >= 0.3 is 0 Å². The van der Waals surface area contributed by atoms with Crippen molar-refractivity contribution in [1.82, 2.24) is 4.90 Å². The minimum Gasteiger partial charge on any atom is -0.393 e. The van der Waals surface area contributed by atoms with Crippen LogP contribution in [0.2, 0.25) is 0 Å². The fourth-order valence-electron chi connectivity index (χ4n) is 2.62. The quantitative estimate of drug-likeness (QED) is 0.845. The first-order chi connectivity index (χ1) is 10.1. The molecule has 1 aliphatic heterocycles. The van der Waals surface area contributed by atoms with Crippen LogP contribution in [0.4, 0.5) is 5.69 Å². The molecule has 0 bridgehead atoms. The number of hydrogen-bond acceptors (Lipinski definition) is 3. The Hall–Kier alpha value is -1.62. The minimum absolute atomic E-state index is 0.114. The molecule has 21 heavy (non-hydrogen) atoms. The van der Waals surface area contributed by atoms with Gasteiger partial charge in [-0.3, -0.25) is 4.79 Å². The third-order valence-corrected chi connectivity index (χ3v) is 4.11. The summed E-state index contributed by atoms with van der Waals surface area (Å²) in [7, 11) is 1.81. The van der Waals surface area contributed by atoms with Gasteiger partial charge in [-0.15, -0.1) is 0 Å². The number of benzene rings is 1. The van der Waals surface area contributed by atoms with E-state index in [9.17, 15) is 4.79 Å². The predicted octanol–water partition coefficient (Wildman–Crippen LogP) is 1.96. The van der Waals surface area contributed by atoms with Crippen molar-refractivity contribution in [2.75, 3.05) is 31.6 Å². The van der Waals surface area contributed by atoms with Gasteiger partial charge in [0.2, 0.25) is 5.91 Å². The van der Waals surface area contributed by atoms with Crippen molar-refractivity contribution in [3.8, 4) is 0 Å². The number of rotatable bonds is 5. The van der Waals surface area contributed by atoms with E-state index in [0.717, 1.165) is 19.4 Å². The van der Waals surface area contributed by atoms with Gasteiger partial charge in [0.25, 0.3) is 0 Å². The first-order valence-electron chi connectivity index (χ1n) is 7.43. The van der Waals surface area contributed by atoms with Gasteiger partial charge < -0.3 is 15.5 Å². The highest BCUT2D eigenvalue weighted by atomic mass is 32.1. The van der Waals surface area contributed by atoms with Crippen LogP contribution in [0, 0.1) is 0 Å². The second-order valence-electron chi connectivity index (χ2n) is 5.54. The van der Waals surface area contributed by atoms with Crippen LogP contribution < -0.4 is 10.6 Å². The monoisotopic (exact) mass is 305 g/mol. The average molecular weight is 305 g/mol. The summed E-state index contributed by atoms with van der Waals surface area (Å²) in [5, 5.41) is 0. The number of likely N-dealkylation sites (N-methyl/N-ethyl adjacent to an activating group) is 1. The number of nitrogens with zero attached hydrogens (tertiary/aromatic N) is 2. The van der Waals surface area contributed by atoms with Crippen LogP contribution in [0.1, 0.15) is 24.8 Å². The SMILES string of the molecule is CN(CCC(N)=S)C(=O)CN1CCCCc2ccccc21. The number of para-hydroxylation sites is 1. The van der Waals surface area contributed by atoms with Crippen LogP contribution in [-0.2, 0) is 11.2 Å². The van der Waals surface area contributed by atoms with Gasteiger partial charge in [0.05, 0.1) is 11.5 Å². The van der Waals surface area contributed by atoms with Crippen molar-refractivity contribution in [3.05, 3.63) is 29.8 Å². The lowest BCUT2D eigenvalue weighted by molar-refractivity contribution is -0.128. The number of nitrogens with two attached hydrogens (primary N) is 1. The molecule has 0 atom stereocenters. The van der Waals surface area contributed by atoms with Gasteiger partial charge in [0, 0.05) is 32.2 Å². The Morgan fingerprint density at radius 2 is 2.14 bits per heavy atom. The standard InChI is InChI=1S/C16H23N3OS/c1-18(11-9-15(17)21)16(20)12-19-10-5-4-7-13-6-2-3-8-14(13)19/h2-3,6,8H,4-5,7,9-12H2,1H3,(H2,17,21). The Morgan fingerprint density at radius 3 is 2.90 bits per heavy atom. The van der Waals surface area contributed by atoms with Crippen LogP contribution in [0.5, 0.6) is 0 Å². The molecular weight excluding hydrogens is 282 g/mol. The summed E-state index contributed by atoms with van der Waals surface area (Å²) in [5.41, 5.74) is 8.03. The summed E-state index contributed by atoms with van der Waals surface area (Å²) < 4.78 is 0. The maximum Gasteiger partial charge on any atom is 0.241 e. The Labute approximate surface area is 131 Å². The number of thiocarbonyl (C=S) groups is 1. The molecule has 5 heteroatoms. The molecule has 1 aromatic rings. The Kier molecular flexibility index (Phi) is 5.56. The molecule has 0 fully saturated rings. The van der Waals surface area contributed by atoms with E-state index in [1.807, 2.05) is 13.1 Å². The second kappa shape index (κ2) is 7.41. The molecular formula is C16H23N3OS. The molecule has 2 rings (SSSR count). The molecule has 0 unspecified atom stereocenters. The number of aryl methyl sites for hydroxylation is 1. The summed E-state index contributed by atoms with van der Waals surface area (Å²) in [6.07, 6.45) is 3.98. The molecule has 0 saturated heterocycles. The number of amides is 1. The highest BCUT2D eigenvalue weighted by molar-refractivity contribution is 7.80. The van der Waals surface area contributed by atoms with Gasteiger partial charge in [0.15, 0.2) is 0 Å². The smallest absolute Gasteiger partial charge is 0.241 e. The Morgan fingerprint density at radius 1 is 1.38 bits per heavy atom. The number of hydrogen-bond donors (Lipinski definition) is 1. The normalized spacial score (nSPS) is 14.2. The van der Waals surface area contributed by atoms with Gasteiger partial charge in [-0.2, -0.15) is 0 Å². The molecule has 0 aliphatic carbocycles. The summed E-state index contributed by atoms with van der Waals surface area (Å²) >= 11 is 4.86. The van der Waals surface area contributed by atoms with Crippen molar-refractivity contribution in [2.24, 2.45) is 5.73 Å². The molecule has 0 saturated carbocycles. The lowest BCUT2D eigenvalue weighted by Gasteiger charge is -2.27. The van der Waals surface area contributed by atoms with Gasteiger partial charge in [0.1, 0.15) is 0 Å². The van der Waals surface area contributed by atoms with E-state index in [4.69, 9.17) is 18.0 Å². The van der Waals surface area contributed by atoms with E-state index < -0.39 is 0 Å². The third kappa shape index (κ3) is 4.43. The second-order valence-corrected chi connectivity index (χ2v) is 6.06. The highest BCUT2D eigenvalue weighted by Gasteiger charge is 2.19. The van der Waals surface area contributed by atoms with E-state index >= 15 is 0 Å². The summed E-state index contributed by atoms with van der Waals surface area (Å²) in [6, 6.07) is 8.38. The van der Waals surface area contributed by atoms with Crippen molar-refractivity contribution in [2.45, 2.75) is 25.7 Å². The molecule has 2 N–H and O–H groups in total. The predicted molar refractivity (Wildman–Crippen MR) is 90.6 cm³/mol. The summed E-state index contributed by atoms with van der Waals surface area (Å²) in [5.74, 6) is 0.114. The molecule has 4 nitrogen and oxygen atoms in total. The largest absolute Gasteiger partial charge is 0.393 e. The van der Waals surface area contributed by atoms with Gasteiger partial charge in [-0.1, -0.05) is 30.4 Å². The van der Waals surface area contributed by atoms with Crippen LogP contribution in [-0.4, -0.2) is 42.5 Å². The molecule has 0 aromatic heterocycles. The zero-order valence-corrected chi connectivity index (χ0v) is 13.4. The lowest BCUT2D eigenvalue weighted by Crippen LogP contribution is -2.40. The molecule has 0 spiro atoms. The topological polar surface area (TPSA) is 49.6 Å². The van der Waals surface area contributed by atoms with Crippen LogP contribution in [0.25, 0.3) is 0 Å².